The molecule has 0 saturated heterocycles. The molecule has 0 fully saturated rings. The number of carbonyl (C=O) groups is 1. The van der Waals surface area contributed by atoms with E-state index in [0.29, 0.717) is 13.0 Å². The molecular weight excluding hydrogens is 214 g/mol. The molecule has 0 aliphatic carbocycles. The molecule has 0 aliphatic heterocycles. The van der Waals surface area contributed by atoms with Gasteiger partial charge in [-0.1, -0.05) is 26.8 Å². The molecule has 4 heteroatoms. The van der Waals surface area contributed by atoms with Crippen LogP contribution in [0.5, 0.6) is 0 Å². The van der Waals surface area contributed by atoms with E-state index < -0.39 is 0 Å². The number of hydrogen-bond donors (Lipinski definition) is 1. The fraction of sp³-hybridized carbons (Fsp3) is 0.462. The minimum atomic E-state index is 0.445. The van der Waals surface area contributed by atoms with Crippen LogP contribution in [0.25, 0.3) is 0 Å². The minimum Gasteiger partial charge on any atom is -0.353 e. The Hall–Kier alpha value is -1.71. The standard InChI is InChI=1S/C8H11N3O.C3H6.C2H6/c1-2-7-3-4-8(11-10-7)5-9-6-12;1-3-2;1-2/h3-4,6H,2,5H2,1H3,(H,9,12);3H,1H2,2H3;1-2H3. The number of aryl methyl sites for hydroxylation is 1. The van der Waals surface area contributed by atoms with Gasteiger partial charge in [0, 0.05) is 0 Å². The first kappa shape index (κ1) is 17.7. The summed E-state index contributed by atoms with van der Waals surface area (Å²) in [6.45, 7) is 11.7. The molecule has 0 atom stereocenters. The molecule has 0 aliphatic rings. The Kier molecular flexibility index (Phi) is 14.9. The predicted octanol–water partition coefficient (Wildman–Crippen LogP) is 2.50. The van der Waals surface area contributed by atoms with Crippen LogP contribution in [0.3, 0.4) is 0 Å². The summed E-state index contributed by atoms with van der Waals surface area (Å²) in [6.07, 6.45) is 3.28. The van der Waals surface area contributed by atoms with E-state index in [2.05, 4.69) is 22.1 Å². The number of amides is 1. The van der Waals surface area contributed by atoms with E-state index in [1.165, 1.54) is 0 Å². The van der Waals surface area contributed by atoms with Crippen molar-refractivity contribution in [2.24, 2.45) is 0 Å². The Morgan fingerprint density at radius 1 is 1.29 bits per heavy atom. The van der Waals surface area contributed by atoms with Crippen molar-refractivity contribution in [3.8, 4) is 0 Å². The third-order valence-electron chi connectivity index (χ3n) is 1.50. The van der Waals surface area contributed by atoms with E-state index in [4.69, 9.17) is 0 Å². The molecule has 1 rings (SSSR count). The molecule has 0 spiro atoms. The molecule has 0 radical (unpaired) electrons. The molecule has 1 aromatic heterocycles. The molecule has 1 amide bonds. The average Bonchev–Trinajstić information content (AvgIpc) is 2.40. The lowest BCUT2D eigenvalue weighted by Crippen LogP contribution is -2.11. The molecule has 17 heavy (non-hydrogen) atoms. The van der Waals surface area contributed by atoms with Crippen LogP contribution in [0.1, 0.15) is 39.1 Å². The summed E-state index contributed by atoms with van der Waals surface area (Å²) in [5.74, 6) is 0. The summed E-state index contributed by atoms with van der Waals surface area (Å²) in [5.41, 5.74) is 1.74. The van der Waals surface area contributed by atoms with Crippen molar-refractivity contribution in [2.45, 2.75) is 40.7 Å². The van der Waals surface area contributed by atoms with E-state index in [1.807, 2.05) is 39.8 Å². The third kappa shape index (κ3) is 10.6. The van der Waals surface area contributed by atoms with E-state index in [0.717, 1.165) is 17.8 Å². The average molecular weight is 237 g/mol. The quantitative estimate of drug-likeness (QED) is 0.646. The highest BCUT2D eigenvalue weighted by Crippen LogP contribution is 1.96. The van der Waals surface area contributed by atoms with Crippen molar-refractivity contribution in [1.29, 1.82) is 0 Å². The van der Waals surface area contributed by atoms with Crippen molar-refractivity contribution in [3.63, 3.8) is 0 Å². The van der Waals surface area contributed by atoms with E-state index in [1.54, 1.807) is 6.08 Å². The smallest absolute Gasteiger partial charge is 0.207 e. The summed E-state index contributed by atoms with van der Waals surface area (Å²) in [6, 6.07) is 3.77. The second-order valence-electron chi connectivity index (χ2n) is 2.78. The zero-order chi connectivity index (χ0) is 13.5. The molecule has 1 heterocycles. The molecule has 96 valence electrons. The number of hydrogen-bond acceptors (Lipinski definition) is 3. The van der Waals surface area contributed by atoms with Crippen LogP contribution >= 0.6 is 0 Å². The summed E-state index contributed by atoms with van der Waals surface area (Å²) in [7, 11) is 0. The van der Waals surface area contributed by atoms with Gasteiger partial charge in [-0.05, 0) is 25.5 Å². The third-order valence-corrected chi connectivity index (χ3v) is 1.50. The lowest BCUT2D eigenvalue weighted by molar-refractivity contribution is -0.109. The topological polar surface area (TPSA) is 54.9 Å². The summed E-state index contributed by atoms with van der Waals surface area (Å²) >= 11 is 0. The highest BCUT2D eigenvalue weighted by atomic mass is 16.1. The largest absolute Gasteiger partial charge is 0.353 e. The highest BCUT2D eigenvalue weighted by molar-refractivity contribution is 5.45. The van der Waals surface area contributed by atoms with Crippen LogP contribution < -0.4 is 5.32 Å². The first-order valence-corrected chi connectivity index (χ1v) is 5.84. The molecule has 0 bridgehead atoms. The van der Waals surface area contributed by atoms with Gasteiger partial charge in [-0.2, -0.15) is 10.2 Å². The number of carbonyl (C=O) groups excluding carboxylic acids is 1. The van der Waals surface area contributed by atoms with Gasteiger partial charge in [0.05, 0.1) is 17.9 Å². The second kappa shape index (κ2) is 14.3. The first-order chi connectivity index (χ1) is 8.28. The first-order valence-electron chi connectivity index (χ1n) is 5.84. The summed E-state index contributed by atoms with van der Waals surface area (Å²) in [5, 5.41) is 10.4. The van der Waals surface area contributed by atoms with E-state index in [9.17, 15) is 4.79 Å². The van der Waals surface area contributed by atoms with Gasteiger partial charge >= 0.3 is 0 Å². The van der Waals surface area contributed by atoms with Gasteiger partial charge < -0.3 is 5.32 Å². The molecule has 0 unspecified atom stereocenters. The van der Waals surface area contributed by atoms with Crippen LogP contribution in [0.15, 0.2) is 24.8 Å². The lowest BCUT2D eigenvalue weighted by Gasteiger charge is -1.98. The maximum absolute atomic E-state index is 9.94. The molecule has 1 N–H and O–H groups in total. The van der Waals surface area contributed by atoms with Crippen LogP contribution in [0, 0.1) is 0 Å². The Balaban J connectivity index is 0. The minimum absolute atomic E-state index is 0.445. The maximum atomic E-state index is 9.94. The fourth-order valence-electron chi connectivity index (χ4n) is 0.817. The van der Waals surface area contributed by atoms with Crippen molar-refractivity contribution in [3.05, 3.63) is 36.2 Å². The Bertz CT molecular complexity index is 283. The molecular formula is C13H23N3O. The van der Waals surface area contributed by atoms with Gasteiger partial charge in [0.1, 0.15) is 0 Å². The van der Waals surface area contributed by atoms with E-state index in [-0.39, 0.29) is 0 Å². The fourth-order valence-corrected chi connectivity index (χ4v) is 0.817. The van der Waals surface area contributed by atoms with Gasteiger partial charge in [-0.15, -0.1) is 6.58 Å². The number of nitrogens with zero attached hydrogens (tertiary/aromatic N) is 2. The van der Waals surface area contributed by atoms with E-state index >= 15 is 0 Å². The van der Waals surface area contributed by atoms with Crippen molar-refractivity contribution in [2.75, 3.05) is 0 Å². The van der Waals surface area contributed by atoms with Crippen molar-refractivity contribution < 1.29 is 4.79 Å². The summed E-state index contributed by atoms with van der Waals surface area (Å²) < 4.78 is 0. The zero-order valence-electron chi connectivity index (χ0n) is 11.2. The Morgan fingerprint density at radius 2 is 1.76 bits per heavy atom. The molecule has 0 saturated carbocycles. The van der Waals surface area contributed by atoms with Gasteiger partial charge in [0.2, 0.25) is 6.41 Å². The normalized spacial score (nSPS) is 7.76. The Labute approximate surface area is 104 Å². The number of rotatable bonds is 4. The number of nitrogens with one attached hydrogen (secondary N) is 1. The lowest BCUT2D eigenvalue weighted by atomic mass is 10.3. The van der Waals surface area contributed by atoms with Gasteiger partial charge in [0.25, 0.3) is 0 Å². The number of allylic oxidation sites excluding steroid dienone is 1. The maximum Gasteiger partial charge on any atom is 0.207 e. The molecule has 0 aromatic carbocycles. The molecule has 4 nitrogen and oxygen atoms in total. The van der Waals surface area contributed by atoms with Crippen molar-refractivity contribution in [1.82, 2.24) is 15.5 Å². The van der Waals surface area contributed by atoms with Gasteiger partial charge in [0.15, 0.2) is 0 Å². The highest BCUT2D eigenvalue weighted by Gasteiger charge is 1.94. The number of aromatic nitrogens is 2. The van der Waals surface area contributed by atoms with Gasteiger partial charge in [-0.3, -0.25) is 4.79 Å². The van der Waals surface area contributed by atoms with Gasteiger partial charge in [-0.25, -0.2) is 0 Å². The monoisotopic (exact) mass is 237 g/mol. The predicted molar refractivity (Wildman–Crippen MR) is 71.5 cm³/mol. The van der Waals surface area contributed by atoms with Crippen LogP contribution in [-0.2, 0) is 17.8 Å². The second-order valence-corrected chi connectivity index (χ2v) is 2.78. The van der Waals surface area contributed by atoms with Crippen LogP contribution in [-0.4, -0.2) is 16.6 Å². The summed E-state index contributed by atoms with van der Waals surface area (Å²) in [4.78, 5) is 9.94. The van der Waals surface area contributed by atoms with Crippen molar-refractivity contribution >= 4 is 6.41 Å². The SMILES string of the molecule is C=CC.CC.CCc1ccc(CNC=O)nn1. The van der Waals surface area contributed by atoms with Crippen LogP contribution in [0.4, 0.5) is 0 Å². The zero-order valence-corrected chi connectivity index (χ0v) is 11.2. The Morgan fingerprint density at radius 3 is 2.12 bits per heavy atom. The van der Waals surface area contributed by atoms with Crippen LogP contribution in [0.2, 0.25) is 0 Å². The molecule has 1 aromatic rings.